The lowest BCUT2D eigenvalue weighted by molar-refractivity contribution is -0.167. The van der Waals surface area contributed by atoms with Crippen molar-refractivity contribution in [3.05, 3.63) is 24.3 Å². The minimum atomic E-state index is -0.770. The van der Waals surface area contributed by atoms with Gasteiger partial charge >= 0.3 is 17.9 Å². The van der Waals surface area contributed by atoms with Gasteiger partial charge in [0, 0.05) is 19.3 Å². The molecule has 0 aromatic carbocycles. The second-order valence-electron chi connectivity index (χ2n) is 19.9. The molecule has 0 fully saturated rings. The van der Waals surface area contributed by atoms with E-state index in [4.69, 9.17) is 14.2 Å². The average Bonchev–Trinajstić information content (AvgIpc) is 3.31. The molecule has 0 spiro atoms. The van der Waals surface area contributed by atoms with E-state index in [1.54, 1.807) is 0 Å². The zero-order valence-electron chi connectivity index (χ0n) is 44.5. The Kier molecular flexibility index (Phi) is 53.7. The van der Waals surface area contributed by atoms with E-state index in [-0.39, 0.29) is 31.1 Å². The largest absolute Gasteiger partial charge is 0.462 e. The summed E-state index contributed by atoms with van der Waals surface area (Å²) in [4.78, 5) is 38.1. The minimum Gasteiger partial charge on any atom is -0.462 e. The van der Waals surface area contributed by atoms with Crippen LogP contribution in [0.15, 0.2) is 24.3 Å². The van der Waals surface area contributed by atoms with Gasteiger partial charge in [-0.15, -0.1) is 0 Å². The van der Waals surface area contributed by atoms with E-state index < -0.39 is 6.10 Å². The van der Waals surface area contributed by atoms with E-state index >= 15 is 0 Å². The maximum atomic E-state index is 12.8. The Balaban J connectivity index is 4.31. The minimum absolute atomic E-state index is 0.0691. The first-order valence-corrected chi connectivity index (χ1v) is 29.3. The number of ether oxygens (including phenoxy) is 3. The van der Waals surface area contributed by atoms with Gasteiger partial charge in [0.05, 0.1) is 0 Å². The summed E-state index contributed by atoms with van der Waals surface area (Å²) in [6.45, 7) is 6.67. The van der Waals surface area contributed by atoms with Gasteiger partial charge in [0.25, 0.3) is 0 Å². The summed E-state index contributed by atoms with van der Waals surface area (Å²) in [5, 5.41) is 0. The highest BCUT2D eigenvalue weighted by atomic mass is 16.6. The lowest BCUT2D eigenvalue weighted by atomic mass is 10.0. The van der Waals surface area contributed by atoms with Crippen molar-refractivity contribution < 1.29 is 28.6 Å². The van der Waals surface area contributed by atoms with Crippen LogP contribution < -0.4 is 0 Å². The summed E-state index contributed by atoms with van der Waals surface area (Å²) in [5.74, 6) is -0.856. The molecule has 1 atom stereocenters. The van der Waals surface area contributed by atoms with E-state index in [0.29, 0.717) is 19.3 Å². The zero-order valence-corrected chi connectivity index (χ0v) is 44.5. The number of rotatable bonds is 54. The monoisotopic (exact) mass is 929 g/mol. The van der Waals surface area contributed by atoms with Crippen LogP contribution in [0.4, 0.5) is 0 Å². The number of carbonyl (C=O) groups is 3. The van der Waals surface area contributed by atoms with Crippen LogP contribution in [0, 0.1) is 0 Å². The lowest BCUT2D eigenvalue weighted by Crippen LogP contribution is -2.30. The van der Waals surface area contributed by atoms with Gasteiger partial charge < -0.3 is 14.2 Å². The third-order valence-corrected chi connectivity index (χ3v) is 13.2. The summed E-state index contributed by atoms with van der Waals surface area (Å²) in [6, 6.07) is 0. The van der Waals surface area contributed by atoms with Crippen molar-refractivity contribution in [3.8, 4) is 0 Å². The summed E-state index contributed by atoms with van der Waals surface area (Å²) in [5.41, 5.74) is 0. The maximum Gasteiger partial charge on any atom is 0.306 e. The van der Waals surface area contributed by atoms with Crippen LogP contribution in [0.25, 0.3) is 0 Å². The molecule has 0 aliphatic heterocycles. The van der Waals surface area contributed by atoms with Gasteiger partial charge in [-0.2, -0.15) is 0 Å². The van der Waals surface area contributed by atoms with Crippen LogP contribution in [0.2, 0.25) is 0 Å². The molecule has 0 aliphatic carbocycles. The molecular weight excluding hydrogens is 817 g/mol. The fraction of sp³-hybridized carbons (Fsp3) is 0.883. The van der Waals surface area contributed by atoms with Crippen molar-refractivity contribution in [3.63, 3.8) is 0 Å². The molecule has 0 aromatic rings. The average molecular weight is 930 g/mol. The Hall–Kier alpha value is -2.11. The molecule has 66 heavy (non-hydrogen) atoms. The number of allylic oxidation sites excluding steroid dienone is 4. The van der Waals surface area contributed by atoms with Gasteiger partial charge in [0.1, 0.15) is 13.2 Å². The molecule has 0 unspecified atom stereocenters. The Morgan fingerprint density at radius 1 is 0.288 bits per heavy atom. The molecule has 0 amide bonds. The molecule has 0 saturated carbocycles. The van der Waals surface area contributed by atoms with Gasteiger partial charge in [-0.1, -0.05) is 257 Å². The van der Waals surface area contributed by atoms with E-state index in [1.807, 2.05) is 0 Å². The normalized spacial score (nSPS) is 12.1. The Morgan fingerprint density at radius 2 is 0.500 bits per heavy atom. The molecule has 0 aliphatic rings. The third kappa shape index (κ3) is 52.9. The van der Waals surface area contributed by atoms with E-state index in [1.165, 1.54) is 225 Å². The van der Waals surface area contributed by atoms with Gasteiger partial charge in [-0.3, -0.25) is 14.4 Å². The van der Waals surface area contributed by atoms with Crippen LogP contribution in [-0.2, 0) is 28.6 Å². The number of hydrogen-bond acceptors (Lipinski definition) is 6. The maximum absolute atomic E-state index is 12.8. The summed E-state index contributed by atoms with van der Waals surface area (Å²) < 4.78 is 16.9. The van der Waals surface area contributed by atoms with Crippen molar-refractivity contribution >= 4 is 17.9 Å². The van der Waals surface area contributed by atoms with Crippen LogP contribution in [-0.4, -0.2) is 37.2 Å². The van der Waals surface area contributed by atoms with E-state index in [9.17, 15) is 14.4 Å². The molecular formula is C60H112O6. The van der Waals surface area contributed by atoms with Gasteiger partial charge in [0.2, 0.25) is 0 Å². The fourth-order valence-corrected chi connectivity index (χ4v) is 8.73. The Bertz CT molecular complexity index is 1070. The first-order chi connectivity index (χ1) is 32.5. The topological polar surface area (TPSA) is 78.9 Å². The summed E-state index contributed by atoms with van der Waals surface area (Å²) in [6.07, 6.45) is 64.5. The smallest absolute Gasteiger partial charge is 0.306 e. The quantitative estimate of drug-likeness (QED) is 0.0262. The molecule has 6 nitrogen and oxygen atoms in total. The molecule has 0 aromatic heterocycles. The third-order valence-electron chi connectivity index (χ3n) is 13.2. The van der Waals surface area contributed by atoms with E-state index in [0.717, 1.165) is 57.8 Å². The first kappa shape index (κ1) is 63.9. The predicted octanol–water partition coefficient (Wildman–Crippen LogP) is 19.5. The first-order valence-electron chi connectivity index (χ1n) is 29.3. The SMILES string of the molecule is CCCCCCCC/C=C\CCCCCCCCCCCC(=O)OC[C@H](COC(=O)CCCCCCCCCCCCCC)OC(=O)CCCCCCCCC/C=C\CCCCCCCC. The number of unbranched alkanes of at least 4 members (excludes halogenated alkanes) is 39. The molecule has 0 heterocycles. The van der Waals surface area contributed by atoms with Crippen molar-refractivity contribution in [1.82, 2.24) is 0 Å². The van der Waals surface area contributed by atoms with Crippen LogP contribution in [0.5, 0.6) is 0 Å². The van der Waals surface area contributed by atoms with E-state index in [2.05, 4.69) is 45.1 Å². The van der Waals surface area contributed by atoms with Crippen LogP contribution >= 0.6 is 0 Å². The molecule has 0 radical (unpaired) electrons. The van der Waals surface area contributed by atoms with Crippen molar-refractivity contribution in [2.24, 2.45) is 0 Å². The molecule has 0 rings (SSSR count). The number of carbonyl (C=O) groups excluding carboxylic acids is 3. The molecule has 0 saturated heterocycles. The predicted molar refractivity (Wildman–Crippen MR) is 284 cm³/mol. The second-order valence-corrected chi connectivity index (χ2v) is 19.9. The highest BCUT2D eigenvalue weighted by Gasteiger charge is 2.19. The van der Waals surface area contributed by atoms with Crippen LogP contribution in [0.3, 0.4) is 0 Å². The highest BCUT2D eigenvalue weighted by Crippen LogP contribution is 2.16. The molecule has 0 N–H and O–H groups in total. The number of hydrogen-bond donors (Lipinski definition) is 0. The highest BCUT2D eigenvalue weighted by molar-refractivity contribution is 5.71. The molecule has 6 heteroatoms. The number of esters is 3. The van der Waals surface area contributed by atoms with Crippen molar-refractivity contribution in [2.45, 2.75) is 329 Å². The van der Waals surface area contributed by atoms with Gasteiger partial charge in [-0.25, -0.2) is 0 Å². The van der Waals surface area contributed by atoms with Crippen molar-refractivity contribution in [2.75, 3.05) is 13.2 Å². The second kappa shape index (κ2) is 55.5. The standard InChI is InChI=1S/C60H112O6/c1-4-7-10-13-16-19-22-25-27-29-30-32-33-35-38-41-44-47-50-53-59(62)65-56-57(55-64-58(61)52-49-46-43-40-37-24-21-18-15-12-9-6-3)66-60(63)54-51-48-45-42-39-36-34-31-28-26-23-20-17-14-11-8-5-2/h25-28,57H,4-24,29-56H2,1-3H3/b27-25-,28-26-/t57-/m0/s1. The Labute approximate surface area is 411 Å². The lowest BCUT2D eigenvalue weighted by Gasteiger charge is -2.18. The van der Waals surface area contributed by atoms with Crippen LogP contribution in [0.1, 0.15) is 323 Å². The van der Waals surface area contributed by atoms with Gasteiger partial charge in [0.15, 0.2) is 6.10 Å². The van der Waals surface area contributed by atoms with Gasteiger partial charge in [-0.05, 0) is 70.6 Å². The molecule has 388 valence electrons. The summed E-state index contributed by atoms with van der Waals surface area (Å²) >= 11 is 0. The zero-order chi connectivity index (χ0) is 47.9. The molecule has 0 bridgehead atoms. The fourth-order valence-electron chi connectivity index (χ4n) is 8.73. The van der Waals surface area contributed by atoms with Crippen molar-refractivity contribution in [1.29, 1.82) is 0 Å². The summed E-state index contributed by atoms with van der Waals surface area (Å²) in [7, 11) is 0. The Morgan fingerprint density at radius 3 is 0.758 bits per heavy atom.